The lowest BCUT2D eigenvalue weighted by molar-refractivity contribution is 0.601. The average Bonchev–Trinajstić information content (AvgIpc) is 2.08. The Kier molecular flexibility index (Phi) is 2.17. The molecule has 1 unspecified atom stereocenters. The zero-order valence-corrected chi connectivity index (χ0v) is 7.26. The molecule has 0 amide bonds. The number of amidine groups is 1. The van der Waals surface area contributed by atoms with E-state index in [1.165, 1.54) is 0 Å². The molecule has 0 spiro atoms. The van der Waals surface area contributed by atoms with Crippen LogP contribution in [-0.4, -0.2) is 31.8 Å². The molecule has 4 nitrogen and oxygen atoms in total. The lowest BCUT2D eigenvalue weighted by Crippen LogP contribution is -2.14. The van der Waals surface area contributed by atoms with Gasteiger partial charge in [-0.15, -0.1) is 0 Å². The molecule has 0 saturated carbocycles. The third-order valence-corrected chi connectivity index (χ3v) is 3.34. The van der Waals surface area contributed by atoms with Crippen molar-refractivity contribution in [2.24, 2.45) is 10.7 Å². The molecule has 0 aromatic heterocycles. The molecule has 1 fully saturated rings. The van der Waals surface area contributed by atoms with E-state index in [0.717, 1.165) is 0 Å². The number of nitrogens with two attached hydrogens (primary N) is 1. The van der Waals surface area contributed by atoms with Crippen LogP contribution in [-0.2, 0) is 9.84 Å². The molecule has 0 aromatic rings. The molecule has 1 atom stereocenters. The van der Waals surface area contributed by atoms with Gasteiger partial charge in [-0.25, -0.2) is 8.42 Å². The first-order chi connectivity index (χ1) is 4.99. The molecule has 1 aliphatic heterocycles. The van der Waals surface area contributed by atoms with Crippen molar-refractivity contribution in [3.05, 3.63) is 0 Å². The summed E-state index contributed by atoms with van der Waals surface area (Å²) in [6, 6.07) is -0.0926. The Morgan fingerprint density at radius 2 is 2.27 bits per heavy atom. The maximum Gasteiger partial charge on any atom is 0.152 e. The summed E-state index contributed by atoms with van der Waals surface area (Å²) >= 11 is 0. The summed E-state index contributed by atoms with van der Waals surface area (Å²) in [6.45, 7) is 1.67. The van der Waals surface area contributed by atoms with Crippen LogP contribution in [0.3, 0.4) is 0 Å². The molecule has 2 N–H and O–H groups in total. The van der Waals surface area contributed by atoms with Crippen molar-refractivity contribution in [2.75, 3.05) is 11.5 Å². The molecule has 5 heteroatoms. The molecular formula is C6H12N2O2S. The summed E-state index contributed by atoms with van der Waals surface area (Å²) in [5.41, 5.74) is 5.32. The normalized spacial score (nSPS) is 30.6. The summed E-state index contributed by atoms with van der Waals surface area (Å²) < 4.78 is 21.8. The fourth-order valence-corrected chi connectivity index (χ4v) is 2.79. The highest BCUT2D eigenvalue weighted by molar-refractivity contribution is 7.91. The number of aliphatic imine (C=N–C) groups is 1. The van der Waals surface area contributed by atoms with Gasteiger partial charge in [0, 0.05) is 0 Å². The van der Waals surface area contributed by atoms with Crippen LogP contribution in [0.25, 0.3) is 0 Å². The van der Waals surface area contributed by atoms with Gasteiger partial charge in [0.1, 0.15) is 0 Å². The molecule has 1 aliphatic rings. The zero-order chi connectivity index (χ0) is 8.48. The fourth-order valence-electron chi connectivity index (χ4n) is 1.17. The van der Waals surface area contributed by atoms with E-state index in [-0.39, 0.29) is 17.5 Å². The Bertz CT molecular complexity index is 264. The summed E-state index contributed by atoms with van der Waals surface area (Å²) in [6.07, 6.45) is 0.622. The predicted octanol–water partition coefficient (Wildman–Crippen LogP) is -0.449. The van der Waals surface area contributed by atoms with Crippen LogP contribution < -0.4 is 5.73 Å². The summed E-state index contributed by atoms with van der Waals surface area (Å²) in [4.78, 5) is 3.99. The molecule has 1 heterocycles. The SMILES string of the molecule is CC(N)=NC1CCS(=O)(=O)C1. The number of sulfone groups is 1. The van der Waals surface area contributed by atoms with Crippen molar-refractivity contribution in [1.82, 2.24) is 0 Å². The number of hydrogen-bond acceptors (Lipinski definition) is 3. The van der Waals surface area contributed by atoms with Crippen molar-refractivity contribution in [1.29, 1.82) is 0 Å². The van der Waals surface area contributed by atoms with Gasteiger partial charge in [0.05, 0.1) is 23.4 Å². The number of rotatable bonds is 1. The quantitative estimate of drug-likeness (QED) is 0.434. The Hall–Kier alpha value is -0.580. The molecule has 0 bridgehead atoms. The van der Waals surface area contributed by atoms with Gasteiger partial charge < -0.3 is 5.73 Å². The summed E-state index contributed by atoms with van der Waals surface area (Å²) in [5.74, 6) is 0.891. The second-order valence-corrected chi connectivity index (χ2v) is 5.06. The predicted molar refractivity (Wildman–Crippen MR) is 44.4 cm³/mol. The van der Waals surface area contributed by atoms with E-state index in [1.807, 2.05) is 0 Å². The Morgan fingerprint density at radius 1 is 1.64 bits per heavy atom. The first kappa shape index (κ1) is 8.52. The van der Waals surface area contributed by atoms with E-state index >= 15 is 0 Å². The van der Waals surface area contributed by atoms with Gasteiger partial charge in [-0.1, -0.05) is 0 Å². The van der Waals surface area contributed by atoms with Crippen LogP contribution in [0.15, 0.2) is 4.99 Å². The first-order valence-electron chi connectivity index (χ1n) is 3.50. The van der Waals surface area contributed by atoms with Gasteiger partial charge >= 0.3 is 0 Å². The minimum Gasteiger partial charge on any atom is -0.388 e. The van der Waals surface area contributed by atoms with Crippen LogP contribution >= 0.6 is 0 Å². The Morgan fingerprint density at radius 3 is 2.64 bits per heavy atom. The molecule has 0 aromatic carbocycles. The second kappa shape index (κ2) is 2.81. The monoisotopic (exact) mass is 176 g/mol. The molecule has 64 valence electrons. The van der Waals surface area contributed by atoms with Gasteiger partial charge in [0.2, 0.25) is 0 Å². The van der Waals surface area contributed by atoms with Gasteiger partial charge in [0.15, 0.2) is 9.84 Å². The van der Waals surface area contributed by atoms with Gasteiger partial charge in [-0.3, -0.25) is 4.99 Å². The number of hydrogen-bond donors (Lipinski definition) is 1. The van der Waals surface area contributed by atoms with Gasteiger partial charge in [-0.2, -0.15) is 0 Å². The van der Waals surface area contributed by atoms with Crippen LogP contribution in [0.2, 0.25) is 0 Å². The molecule has 0 aliphatic carbocycles. The van der Waals surface area contributed by atoms with E-state index in [1.54, 1.807) is 6.92 Å². The fraction of sp³-hybridized carbons (Fsp3) is 0.833. The lowest BCUT2D eigenvalue weighted by atomic mass is 10.3. The maximum absolute atomic E-state index is 10.9. The van der Waals surface area contributed by atoms with Crippen LogP contribution in [0.4, 0.5) is 0 Å². The van der Waals surface area contributed by atoms with E-state index in [0.29, 0.717) is 12.3 Å². The van der Waals surface area contributed by atoms with Gasteiger partial charge in [0.25, 0.3) is 0 Å². The standard InChI is InChI=1S/C6H12N2O2S/c1-5(7)8-6-2-3-11(9,10)4-6/h6H,2-4H2,1H3,(H2,7,8). The summed E-state index contributed by atoms with van der Waals surface area (Å²) in [7, 11) is -2.80. The van der Waals surface area contributed by atoms with Crippen molar-refractivity contribution in [3.8, 4) is 0 Å². The third-order valence-electron chi connectivity index (χ3n) is 1.59. The lowest BCUT2D eigenvalue weighted by Gasteiger charge is -1.99. The van der Waals surface area contributed by atoms with Crippen LogP contribution in [0.5, 0.6) is 0 Å². The molecule has 1 saturated heterocycles. The van der Waals surface area contributed by atoms with Crippen molar-refractivity contribution in [3.63, 3.8) is 0 Å². The second-order valence-electron chi connectivity index (χ2n) is 2.83. The Balaban J connectivity index is 2.63. The van der Waals surface area contributed by atoms with E-state index in [4.69, 9.17) is 5.73 Å². The van der Waals surface area contributed by atoms with Crippen LogP contribution in [0.1, 0.15) is 13.3 Å². The smallest absolute Gasteiger partial charge is 0.152 e. The zero-order valence-electron chi connectivity index (χ0n) is 6.45. The minimum absolute atomic E-state index is 0.0926. The van der Waals surface area contributed by atoms with Crippen molar-refractivity contribution >= 4 is 15.7 Å². The minimum atomic E-state index is -2.80. The molecule has 11 heavy (non-hydrogen) atoms. The van der Waals surface area contributed by atoms with Gasteiger partial charge in [-0.05, 0) is 13.3 Å². The largest absolute Gasteiger partial charge is 0.388 e. The number of nitrogens with zero attached hydrogens (tertiary/aromatic N) is 1. The van der Waals surface area contributed by atoms with Crippen molar-refractivity contribution < 1.29 is 8.42 Å². The maximum atomic E-state index is 10.9. The molecule has 0 radical (unpaired) electrons. The topological polar surface area (TPSA) is 72.5 Å². The highest BCUT2D eigenvalue weighted by atomic mass is 32.2. The molecular weight excluding hydrogens is 164 g/mol. The summed E-state index contributed by atoms with van der Waals surface area (Å²) in [5, 5.41) is 0. The Labute approximate surface area is 66.4 Å². The average molecular weight is 176 g/mol. The van der Waals surface area contributed by atoms with Crippen molar-refractivity contribution in [2.45, 2.75) is 19.4 Å². The third kappa shape index (κ3) is 2.49. The highest BCUT2D eigenvalue weighted by Crippen LogP contribution is 2.14. The van der Waals surface area contributed by atoms with E-state index < -0.39 is 9.84 Å². The van der Waals surface area contributed by atoms with Crippen LogP contribution in [0, 0.1) is 0 Å². The highest BCUT2D eigenvalue weighted by Gasteiger charge is 2.27. The molecule has 1 rings (SSSR count). The van der Waals surface area contributed by atoms with E-state index in [2.05, 4.69) is 4.99 Å². The first-order valence-corrected chi connectivity index (χ1v) is 5.32. The van der Waals surface area contributed by atoms with E-state index in [9.17, 15) is 8.42 Å².